The maximum absolute atomic E-state index is 11.7. The minimum Gasteiger partial charge on any atom is -0.356 e. The van der Waals surface area contributed by atoms with E-state index in [0.717, 1.165) is 58.3 Å². The van der Waals surface area contributed by atoms with Gasteiger partial charge in [-0.3, -0.25) is 9.59 Å². The molecule has 0 bridgehead atoms. The van der Waals surface area contributed by atoms with Crippen molar-refractivity contribution in [1.82, 2.24) is 20.4 Å². The molecule has 0 aliphatic heterocycles. The van der Waals surface area contributed by atoms with Gasteiger partial charge in [-0.25, -0.2) is 0 Å². The number of hydrogen-bond donors (Lipinski definition) is 2. The average molecular weight is 731 g/mol. The molecule has 306 valence electrons. The van der Waals surface area contributed by atoms with Crippen molar-refractivity contribution in [2.75, 3.05) is 54.4 Å². The molecule has 2 amide bonds. The van der Waals surface area contributed by atoms with E-state index < -0.39 is 0 Å². The van der Waals surface area contributed by atoms with E-state index in [1.807, 2.05) is 0 Å². The third kappa shape index (κ3) is 50.2. The third-order valence-corrected chi connectivity index (χ3v) is 9.23. The van der Waals surface area contributed by atoms with E-state index in [4.69, 9.17) is 0 Å². The lowest BCUT2D eigenvalue weighted by Crippen LogP contribution is -2.26. The Hall–Kier alpha value is -1.92. The van der Waals surface area contributed by atoms with Gasteiger partial charge in [0.15, 0.2) is 0 Å². The van der Waals surface area contributed by atoms with Gasteiger partial charge in [-0.1, -0.05) is 134 Å². The molecule has 6 heteroatoms. The fourth-order valence-corrected chi connectivity index (χ4v) is 5.88. The van der Waals surface area contributed by atoms with Gasteiger partial charge in [0.05, 0.1) is 0 Å². The van der Waals surface area contributed by atoms with Crippen LogP contribution in [0.2, 0.25) is 0 Å². The van der Waals surface area contributed by atoms with Crippen molar-refractivity contribution in [3.63, 3.8) is 0 Å². The first kappa shape index (κ1) is 52.2. The molecule has 0 atom stereocenters. The summed E-state index contributed by atoms with van der Waals surface area (Å²) < 4.78 is 0. The molecule has 2 N–H and O–H groups in total. The fraction of sp³-hybridized carbons (Fsp3) is 0.826. The van der Waals surface area contributed by atoms with Gasteiger partial charge in [0, 0.05) is 25.9 Å². The lowest BCUT2D eigenvalue weighted by atomic mass is 10.1. The van der Waals surface area contributed by atoms with Crippen LogP contribution in [-0.4, -0.2) is 76.0 Å². The fourth-order valence-electron chi connectivity index (χ4n) is 5.88. The summed E-state index contributed by atoms with van der Waals surface area (Å²) in [4.78, 5) is 27.7. The maximum atomic E-state index is 11.7. The number of unbranched alkanes of at least 4 members (excludes halogenated alkanes) is 19. The SMILES string of the molecule is CCCCC/C=C\C/C=C\CCCCCCCC(=O)NCCCN(C)C.CCCCCCCC/C=C/CCCCCCCC(=O)NCCCN(C)C. The highest BCUT2D eigenvalue weighted by atomic mass is 16.2. The molecule has 0 aliphatic carbocycles. The van der Waals surface area contributed by atoms with E-state index in [1.54, 1.807) is 0 Å². The highest BCUT2D eigenvalue weighted by Gasteiger charge is 2.02. The molecule has 0 fully saturated rings. The van der Waals surface area contributed by atoms with Crippen LogP contribution in [-0.2, 0) is 9.59 Å². The normalized spacial score (nSPS) is 11.7. The Balaban J connectivity index is 0. The number of hydrogen-bond acceptors (Lipinski definition) is 4. The van der Waals surface area contributed by atoms with Crippen molar-refractivity contribution in [3.05, 3.63) is 36.5 Å². The quantitative estimate of drug-likeness (QED) is 0.0493. The van der Waals surface area contributed by atoms with Gasteiger partial charge >= 0.3 is 0 Å². The van der Waals surface area contributed by atoms with E-state index in [2.05, 4.69) is 98.9 Å². The van der Waals surface area contributed by atoms with Crippen LogP contribution in [0.1, 0.15) is 194 Å². The molecule has 0 aromatic heterocycles. The van der Waals surface area contributed by atoms with Crippen LogP contribution in [0.25, 0.3) is 0 Å². The van der Waals surface area contributed by atoms with E-state index in [0.29, 0.717) is 12.8 Å². The largest absolute Gasteiger partial charge is 0.356 e. The van der Waals surface area contributed by atoms with Crippen molar-refractivity contribution >= 4 is 11.8 Å². The summed E-state index contributed by atoms with van der Waals surface area (Å²) in [7, 11) is 8.25. The summed E-state index contributed by atoms with van der Waals surface area (Å²) in [5.41, 5.74) is 0. The van der Waals surface area contributed by atoms with E-state index in [9.17, 15) is 9.59 Å². The van der Waals surface area contributed by atoms with Crippen LogP contribution in [0.15, 0.2) is 36.5 Å². The van der Waals surface area contributed by atoms with Crippen LogP contribution in [0.4, 0.5) is 0 Å². The molecule has 0 rings (SSSR count). The molecule has 0 aromatic carbocycles. The Morgan fingerprint density at radius 2 is 0.712 bits per heavy atom. The number of nitrogens with zero attached hydrogens (tertiary/aromatic N) is 2. The van der Waals surface area contributed by atoms with Gasteiger partial charge in [-0.2, -0.15) is 0 Å². The molecular formula is C46H90N4O2. The Morgan fingerprint density at radius 1 is 0.404 bits per heavy atom. The van der Waals surface area contributed by atoms with Crippen LogP contribution in [0.3, 0.4) is 0 Å². The van der Waals surface area contributed by atoms with Crippen molar-refractivity contribution in [1.29, 1.82) is 0 Å². The maximum Gasteiger partial charge on any atom is 0.219 e. The first-order valence-corrected chi connectivity index (χ1v) is 22.1. The highest BCUT2D eigenvalue weighted by molar-refractivity contribution is 5.76. The predicted octanol–water partition coefficient (Wildman–Crippen LogP) is 12.0. The smallest absolute Gasteiger partial charge is 0.219 e. The molecule has 0 spiro atoms. The zero-order valence-electron chi connectivity index (χ0n) is 35.8. The number of amides is 2. The highest BCUT2D eigenvalue weighted by Crippen LogP contribution is 2.11. The Morgan fingerprint density at radius 3 is 1.10 bits per heavy atom. The minimum absolute atomic E-state index is 0.217. The van der Waals surface area contributed by atoms with E-state index >= 15 is 0 Å². The van der Waals surface area contributed by atoms with Crippen LogP contribution >= 0.6 is 0 Å². The first-order valence-electron chi connectivity index (χ1n) is 22.1. The Kier molecular flexibility index (Phi) is 45.4. The number of rotatable bonds is 37. The van der Waals surface area contributed by atoms with Crippen molar-refractivity contribution in [3.8, 4) is 0 Å². The standard InChI is InChI=1S/C23H46N2O.C23H44N2O/c2*1-4-5-6-7-8-9-10-11-12-13-14-15-16-17-18-20-23(26)24-21-19-22-25(2)3/h11-12H,4-10,13-22H2,1-3H3,(H,24,26);8-9,11-12H,4-7,10,13-22H2,1-3H3,(H,24,26)/b12-11+;9-8-,12-11-. The van der Waals surface area contributed by atoms with Crippen molar-refractivity contribution < 1.29 is 9.59 Å². The molecule has 0 saturated heterocycles. The summed E-state index contributed by atoms with van der Waals surface area (Å²) in [6.07, 6.45) is 47.8. The Bertz CT molecular complexity index is 821. The van der Waals surface area contributed by atoms with E-state index in [1.165, 1.54) is 135 Å². The van der Waals surface area contributed by atoms with Crippen LogP contribution in [0.5, 0.6) is 0 Å². The first-order chi connectivity index (χ1) is 25.3. The molecule has 52 heavy (non-hydrogen) atoms. The summed E-state index contributed by atoms with van der Waals surface area (Å²) in [6, 6.07) is 0. The summed E-state index contributed by atoms with van der Waals surface area (Å²) in [5, 5.41) is 6.02. The zero-order chi connectivity index (χ0) is 38.6. The summed E-state index contributed by atoms with van der Waals surface area (Å²) in [5.74, 6) is 0.441. The lowest BCUT2D eigenvalue weighted by molar-refractivity contribution is -0.122. The van der Waals surface area contributed by atoms with Gasteiger partial charge in [0.1, 0.15) is 0 Å². The lowest BCUT2D eigenvalue weighted by Gasteiger charge is -2.09. The molecule has 0 heterocycles. The molecular weight excluding hydrogens is 641 g/mol. The topological polar surface area (TPSA) is 64.7 Å². The second-order valence-corrected chi connectivity index (χ2v) is 15.3. The second kappa shape index (κ2) is 45.2. The molecule has 0 radical (unpaired) electrons. The third-order valence-electron chi connectivity index (χ3n) is 9.23. The average Bonchev–Trinajstić information content (AvgIpc) is 3.12. The van der Waals surface area contributed by atoms with Crippen molar-refractivity contribution in [2.24, 2.45) is 0 Å². The van der Waals surface area contributed by atoms with Crippen LogP contribution in [0, 0.1) is 0 Å². The predicted molar refractivity (Wildman–Crippen MR) is 231 cm³/mol. The molecule has 6 nitrogen and oxygen atoms in total. The minimum atomic E-state index is 0.217. The number of allylic oxidation sites excluding steroid dienone is 6. The molecule has 0 unspecified atom stereocenters. The van der Waals surface area contributed by atoms with Gasteiger partial charge in [-0.15, -0.1) is 0 Å². The number of nitrogens with one attached hydrogen (secondary N) is 2. The number of carbonyl (C=O) groups is 2. The zero-order valence-corrected chi connectivity index (χ0v) is 35.8. The molecule has 0 saturated carbocycles. The van der Waals surface area contributed by atoms with Gasteiger partial charge in [-0.05, 0) is 125 Å². The van der Waals surface area contributed by atoms with Gasteiger partial charge in [0.25, 0.3) is 0 Å². The summed E-state index contributed by atoms with van der Waals surface area (Å²) in [6.45, 7) is 8.20. The van der Waals surface area contributed by atoms with Crippen molar-refractivity contribution in [2.45, 2.75) is 194 Å². The monoisotopic (exact) mass is 731 g/mol. The van der Waals surface area contributed by atoms with Crippen LogP contribution < -0.4 is 10.6 Å². The second-order valence-electron chi connectivity index (χ2n) is 15.3. The van der Waals surface area contributed by atoms with Gasteiger partial charge < -0.3 is 20.4 Å². The van der Waals surface area contributed by atoms with E-state index in [-0.39, 0.29) is 11.8 Å². The molecule has 0 aromatic rings. The number of carbonyl (C=O) groups excluding carboxylic acids is 2. The van der Waals surface area contributed by atoms with Gasteiger partial charge in [0.2, 0.25) is 11.8 Å². The molecule has 0 aliphatic rings. The summed E-state index contributed by atoms with van der Waals surface area (Å²) >= 11 is 0. The Labute approximate surface area is 325 Å².